The molecule has 0 aliphatic heterocycles. The van der Waals surface area contributed by atoms with E-state index in [1.54, 1.807) is 24.3 Å². The van der Waals surface area contributed by atoms with Crippen molar-refractivity contribution in [1.29, 1.82) is 0 Å². The first-order valence-electron chi connectivity index (χ1n) is 5.75. The fourth-order valence-corrected chi connectivity index (χ4v) is 2.49. The molecule has 0 radical (unpaired) electrons. The molecule has 20 heavy (non-hydrogen) atoms. The van der Waals surface area contributed by atoms with Crippen molar-refractivity contribution < 1.29 is 5.11 Å². The highest BCUT2D eigenvalue weighted by atomic mass is 35.5. The zero-order valence-electron chi connectivity index (χ0n) is 10.1. The topological polar surface area (TPSA) is 72.0 Å². The predicted molar refractivity (Wildman–Crippen MR) is 81.1 cm³/mol. The van der Waals surface area contributed by atoms with Gasteiger partial charge < -0.3 is 10.8 Å². The molecule has 0 spiro atoms. The Hall–Kier alpha value is -2.04. The number of phenols is 1. The molecule has 4 nitrogen and oxygen atoms in total. The number of rotatable bonds is 1. The summed E-state index contributed by atoms with van der Waals surface area (Å²) >= 11 is 12.3. The zero-order valence-corrected chi connectivity index (χ0v) is 11.7. The minimum atomic E-state index is 0.0602. The average Bonchev–Trinajstić information content (AvgIpc) is 2.42. The monoisotopic (exact) mass is 305 g/mol. The van der Waals surface area contributed by atoms with Crippen molar-refractivity contribution in [3.05, 3.63) is 46.7 Å². The van der Waals surface area contributed by atoms with E-state index in [0.717, 1.165) is 0 Å². The number of benzene rings is 2. The molecule has 0 amide bonds. The van der Waals surface area contributed by atoms with Crippen molar-refractivity contribution in [1.82, 2.24) is 9.97 Å². The Morgan fingerprint density at radius 1 is 1.05 bits per heavy atom. The van der Waals surface area contributed by atoms with E-state index in [0.29, 0.717) is 37.9 Å². The summed E-state index contributed by atoms with van der Waals surface area (Å²) in [4.78, 5) is 8.15. The largest absolute Gasteiger partial charge is 0.508 e. The normalized spacial score (nSPS) is 10.9. The maximum Gasteiger partial charge on any atom is 0.134 e. The molecule has 3 rings (SSSR count). The SMILES string of the molecule is Nc1ncnc2c(-c3cccc(Cl)c3Cl)cc(O)cc12. The number of nitrogens with two attached hydrogens (primary N) is 1. The van der Waals surface area contributed by atoms with Crippen LogP contribution in [-0.2, 0) is 0 Å². The fraction of sp³-hybridized carbons (Fsp3) is 0. The minimum Gasteiger partial charge on any atom is -0.508 e. The third-order valence-electron chi connectivity index (χ3n) is 3.00. The summed E-state index contributed by atoms with van der Waals surface area (Å²) in [6.07, 6.45) is 1.37. The summed E-state index contributed by atoms with van der Waals surface area (Å²) in [7, 11) is 0. The van der Waals surface area contributed by atoms with E-state index < -0.39 is 0 Å². The van der Waals surface area contributed by atoms with E-state index in [1.807, 2.05) is 0 Å². The molecular formula is C14H9Cl2N3O. The number of phenolic OH excluding ortho intramolecular Hbond substituents is 1. The first kappa shape index (κ1) is 13.0. The summed E-state index contributed by atoms with van der Waals surface area (Å²) < 4.78 is 0. The van der Waals surface area contributed by atoms with Gasteiger partial charge in [-0.3, -0.25) is 0 Å². The molecule has 3 aromatic rings. The highest BCUT2D eigenvalue weighted by Gasteiger charge is 2.14. The van der Waals surface area contributed by atoms with Gasteiger partial charge in [-0.15, -0.1) is 0 Å². The number of nitrogens with zero attached hydrogens (tertiary/aromatic N) is 2. The molecule has 100 valence electrons. The zero-order chi connectivity index (χ0) is 14.3. The summed E-state index contributed by atoms with van der Waals surface area (Å²) in [6.45, 7) is 0. The molecule has 3 N–H and O–H groups in total. The number of aromatic nitrogens is 2. The van der Waals surface area contributed by atoms with Crippen molar-refractivity contribution in [3.63, 3.8) is 0 Å². The number of nitrogen functional groups attached to an aromatic ring is 1. The van der Waals surface area contributed by atoms with Crippen molar-refractivity contribution >= 4 is 39.9 Å². The van der Waals surface area contributed by atoms with E-state index >= 15 is 0 Å². The molecular weight excluding hydrogens is 297 g/mol. The summed E-state index contributed by atoms with van der Waals surface area (Å²) in [5.41, 5.74) is 7.76. The van der Waals surface area contributed by atoms with E-state index in [9.17, 15) is 5.11 Å². The first-order valence-corrected chi connectivity index (χ1v) is 6.51. The van der Waals surface area contributed by atoms with Gasteiger partial charge in [0.2, 0.25) is 0 Å². The Kier molecular flexibility index (Phi) is 3.12. The Labute approximate surface area is 124 Å². The molecule has 6 heteroatoms. The van der Waals surface area contributed by atoms with Crippen LogP contribution in [0.1, 0.15) is 0 Å². The van der Waals surface area contributed by atoms with Crippen LogP contribution in [-0.4, -0.2) is 15.1 Å². The van der Waals surface area contributed by atoms with E-state index in [2.05, 4.69) is 9.97 Å². The molecule has 0 aliphatic carbocycles. The number of halogens is 2. The standard InChI is InChI=1S/C14H9Cl2N3O/c15-11-3-1-2-8(12(11)16)9-4-7(20)5-10-13(9)18-6-19-14(10)17/h1-6,20H,(H2,17,18,19). The molecule has 1 heterocycles. The number of fused-ring (bicyclic) bond motifs is 1. The van der Waals surface area contributed by atoms with Gasteiger partial charge in [0, 0.05) is 16.5 Å². The second-order valence-corrected chi connectivity index (χ2v) is 5.03. The van der Waals surface area contributed by atoms with Crippen LogP contribution in [0.3, 0.4) is 0 Å². The number of hydrogen-bond donors (Lipinski definition) is 2. The average molecular weight is 306 g/mol. The van der Waals surface area contributed by atoms with Crippen LogP contribution < -0.4 is 5.73 Å². The number of hydrogen-bond acceptors (Lipinski definition) is 4. The lowest BCUT2D eigenvalue weighted by molar-refractivity contribution is 0.476. The molecule has 0 bridgehead atoms. The molecule has 0 saturated heterocycles. The minimum absolute atomic E-state index is 0.0602. The summed E-state index contributed by atoms with van der Waals surface area (Å²) in [5, 5.41) is 11.3. The van der Waals surface area contributed by atoms with Crippen molar-refractivity contribution in [3.8, 4) is 16.9 Å². The third-order valence-corrected chi connectivity index (χ3v) is 3.81. The lowest BCUT2D eigenvalue weighted by atomic mass is 10.0. The van der Waals surface area contributed by atoms with Gasteiger partial charge in [0.25, 0.3) is 0 Å². The van der Waals surface area contributed by atoms with Crippen LogP contribution in [0.15, 0.2) is 36.7 Å². The van der Waals surface area contributed by atoms with Crippen LogP contribution in [0.5, 0.6) is 5.75 Å². The predicted octanol–water partition coefficient (Wildman–Crippen LogP) is 3.89. The van der Waals surface area contributed by atoms with Crippen LogP contribution >= 0.6 is 23.2 Å². The number of aromatic hydroxyl groups is 1. The quantitative estimate of drug-likeness (QED) is 0.715. The Morgan fingerprint density at radius 3 is 2.65 bits per heavy atom. The maximum atomic E-state index is 9.87. The van der Waals surface area contributed by atoms with Crippen LogP contribution in [0.25, 0.3) is 22.0 Å². The molecule has 2 aromatic carbocycles. The fourth-order valence-electron chi connectivity index (χ4n) is 2.09. The second-order valence-electron chi connectivity index (χ2n) is 4.25. The highest BCUT2D eigenvalue weighted by Crippen LogP contribution is 2.39. The molecule has 0 atom stereocenters. The van der Waals surface area contributed by atoms with Gasteiger partial charge in [0.1, 0.15) is 17.9 Å². The van der Waals surface area contributed by atoms with Crippen molar-refractivity contribution in [2.24, 2.45) is 0 Å². The van der Waals surface area contributed by atoms with Gasteiger partial charge in [-0.2, -0.15) is 0 Å². The van der Waals surface area contributed by atoms with Gasteiger partial charge in [0.05, 0.1) is 15.6 Å². The molecule has 0 saturated carbocycles. The van der Waals surface area contributed by atoms with Gasteiger partial charge >= 0.3 is 0 Å². The van der Waals surface area contributed by atoms with E-state index in [-0.39, 0.29) is 5.75 Å². The molecule has 0 aliphatic rings. The van der Waals surface area contributed by atoms with Gasteiger partial charge in [0.15, 0.2) is 0 Å². The van der Waals surface area contributed by atoms with E-state index in [4.69, 9.17) is 28.9 Å². The Bertz CT molecular complexity index is 821. The second kappa shape index (κ2) is 4.81. The third kappa shape index (κ3) is 2.03. The Morgan fingerprint density at radius 2 is 1.85 bits per heavy atom. The maximum absolute atomic E-state index is 9.87. The molecule has 1 aromatic heterocycles. The van der Waals surface area contributed by atoms with Crippen LogP contribution in [0, 0.1) is 0 Å². The van der Waals surface area contributed by atoms with Gasteiger partial charge in [-0.1, -0.05) is 35.3 Å². The van der Waals surface area contributed by atoms with Crippen LogP contribution in [0.2, 0.25) is 10.0 Å². The summed E-state index contributed by atoms with van der Waals surface area (Å²) in [6, 6.07) is 8.38. The van der Waals surface area contributed by atoms with E-state index in [1.165, 1.54) is 12.4 Å². The van der Waals surface area contributed by atoms with Crippen molar-refractivity contribution in [2.75, 3.05) is 5.73 Å². The van der Waals surface area contributed by atoms with Gasteiger partial charge in [-0.05, 0) is 18.2 Å². The smallest absolute Gasteiger partial charge is 0.134 e. The lowest BCUT2D eigenvalue weighted by Crippen LogP contribution is -1.95. The van der Waals surface area contributed by atoms with Crippen LogP contribution in [0.4, 0.5) is 5.82 Å². The molecule has 0 fully saturated rings. The van der Waals surface area contributed by atoms with Crippen molar-refractivity contribution in [2.45, 2.75) is 0 Å². The number of anilines is 1. The Balaban J connectivity index is 2.42. The summed E-state index contributed by atoms with van der Waals surface area (Å²) in [5.74, 6) is 0.357. The highest BCUT2D eigenvalue weighted by molar-refractivity contribution is 6.43. The lowest BCUT2D eigenvalue weighted by Gasteiger charge is -2.10. The van der Waals surface area contributed by atoms with Gasteiger partial charge in [-0.25, -0.2) is 9.97 Å². The first-order chi connectivity index (χ1) is 9.58. The molecule has 0 unspecified atom stereocenters.